The summed E-state index contributed by atoms with van der Waals surface area (Å²) in [5.74, 6) is -1.60. The van der Waals surface area contributed by atoms with Gasteiger partial charge in [0.05, 0.1) is 13.2 Å². The molecule has 0 spiro atoms. The van der Waals surface area contributed by atoms with E-state index in [1.807, 2.05) is 0 Å². The van der Waals surface area contributed by atoms with Gasteiger partial charge in [-0.25, -0.2) is 18.0 Å². The molecule has 0 aromatic rings. The topological polar surface area (TPSA) is 88.1 Å². The molecule has 1 heterocycles. The summed E-state index contributed by atoms with van der Waals surface area (Å²) in [6.45, 7) is 3.45. The summed E-state index contributed by atoms with van der Waals surface area (Å²) in [5.41, 5.74) is 0. The number of ether oxygens (including phenoxy) is 2. The van der Waals surface area contributed by atoms with Crippen molar-refractivity contribution in [1.29, 1.82) is 0 Å². The molecule has 0 aliphatic carbocycles. The highest BCUT2D eigenvalue weighted by Crippen LogP contribution is 2.20. The molecule has 0 aromatic carbocycles. The summed E-state index contributed by atoms with van der Waals surface area (Å²) in [6, 6.07) is 0. The fraction of sp³-hybridized carbons (Fsp3) is 0.750. The van der Waals surface area contributed by atoms with Crippen LogP contribution in [-0.2, 0) is 38.8 Å². The van der Waals surface area contributed by atoms with Crippen LogP contribution in [0.2, 0.25) is 0 Å². The fourth-order valence-electron chi connectivity index (χ4n) is 1.07. The summed E-state index contributed by atoms with van der Waals surface area (Å²) in [7, 11) is 0. The lowest BCUT2D eigenvalue weighted by Gasteiger charge is -2.12. The van der Waals surface area contributed by atoms with E-state index in [-0.39, 0.29) is 13.2 Å². The number of rotatable bonds is 4. The Balaban J connectivity index is 2.69. The smallest absolute Gasteiger partial charge is 0.340 e. The summed E-state index contributed by atoms with van der Waals surface area (Å²) in [6.07, 6.45) is -2.67. The van der Waals surface area contributed by atoms with Crippen molar-refractivity contribution in [3.05, 3.63) is 0 Å². The van der Waals surface area contributed by atoms with Crippen molar-refractivity contribution in [3.63, 3.8) is 0 Å². The van der Waals surface area contributed by atoms with Gasteiger partial charge in [0, 0.05) is 0 Å². The van der Waals surface area contributed by atoms with Crippen LogP contribution in [0, 0.1) is 0 Å². The molecule has 0 N–H and O–H groups in total. The minimum Gasteiger partial charge on any atom is -0.464 e. The van der Waals surface area contributed by atoms with E-state index in [9.17, 15) is 13.8 Å². The lowest BCUT2D eigenvalue weighted by atomic mass is 10.2. The molecular formula is C8H12O7S. The van der Waals surface area contributed by atoms with Gasteiger partial charge >= 0.3 is 23.3 Å². The van der Waals surface area contributed by atoms with Crippen LogP contribution in [-0.4, -0.2) is 41.6 Å². The van der Waals surface area contributed by atoms with Gasteiger partial charge in [-0.15, -0.1) is 0 Å². The molecule has 0 radical (unpaired) electrons. The van der Waals surface area contributed by atoms with Gasteiger partial charge in [0.15, 0.2) is 0 Å². The molecule has 0 aromatic heterocycles. The van der Waals surface area contributed by atoms with E-state index in [0.29, 0.717) is 0 Å². The van der Waals surface area contributed by atoms with Crippen LogP contribution in [0.15, 0.2) is 0 Å². The predicted molar refractivity (Wildman–Crippen MR) is 51.2 cm³/mol. The first-order valence-corrected chi connectivity index (χ1v) is 5.69. The first-order chi connectivity index (χ1) is 7.60. The van der Waals surface area contributed by atoms with Gasteiger partial charge in [-0.05, 0) is 13.8 Å². The maximum absolute atomic E-state index is 11.3. The van der Waals surface area contributed by atoms with E-state index >= 15 is 0 Å². The molecule has 1 aliphatic rings. The highest BCUT2D eigenvalue weighted by atomic mass is 32.2. The molecule has 0 amide bonds. The van der Waals surface area contributed by atoms with Crippen LogP contribution >= 0.6 is 0 Å². The van der Waals surface area contributed by atoms with Crippen molar-refractivity contribution in [2.24, 2.45) is 0 Å². The van der Waals surface area contributed by atoms with Crippen LogP contribution in [0.1, 0.15) is 13.8 Å². The van der Waals surface area contributed by atoms with Gasteiger partial charge in [-0.1, -0.05) is 0 Å². The zero-order chi connectivity index (χ0) is 12.1. The summed E-state index contributed by atoms with van der Waals surface area (Å²) < 4.78 is 29.5. The first-order valence-electron chi connectivity index (χ1n) is 4.69. The van der Waals surface area contributed by atoms with Gasteiger partial charge in [0.2, 0.25) is 12.2 Å². The summed E-state index contributed by atoms with van der Waals surface area (Å²) in [4.78, 5) is 22.7. The van der Waals surface area contributed by atoms with E-state index in [2.05, 4.69) is 17.8 Å². The van der Waals surface area contributed by atoms with Crippen LogP contribution in [0.5, 0.6) is 0 Å². The summed E-state index contributed by atoms with van der Waals surface area (Å²) >= 11 is -2.13. The molecule has 1 saturated heterocycles. The number of esters is 2. The van der Waals surface area contributed by atoms with Gasteiger partial charge in [-0.2, -0.15) is 4.21 Å². The standard InChI is InChI=1S/C8H12O7S/c1-3-12-7(9)5-6(8(10)13-4-2)15-16(11)14-5/h5-6H,3-4H2,1-2H3/t5-,6-/m0/s1. The molecular weight excluding hydrogens is 240 g/mol. The maximum Gasteiger partial charge on any atom is 0.340 e. The Labute approximate surface area is 94.9 Å². The van der Waals surface area contributed by atoms with E-state index < -0.39 is 35.5 Å². The largest absolute Gasteiger partial charge is 0.464 e. The van der Waals surface area contributed by atoms with E-state index in [0.717, 1.165) is 0 Å². The zero-order valence-corrected chi connectivity index (χ0v) is 9.65. The van der Waals surface area contributed by atoms with Crippen LogP contribution in [0.3, 0.4) is 0 Å². The normalized spacial score (nSPS) is 25.4. The average Bonchev–Trinajstić information content (AvgIpc) is 2.61. The Kier molecular flexibility index (Phi) is 4.84. The van der Waals surface area contributed by atoms with Gasteiger partial charge in [0.25, 0.3) is 0 Å². The average molecular weight is 252 g/mol. The number of hydrogen-bond donors (Lipinski definition) is 0. The Hall–Kier alpha value is -0.990. The van der Waals surface area contributed by atoms with Crippen LogP contribution in [0.4, 0.5) is 0 Å². The van der Waals surface area contributed by atoms with E-state index in [1.54, 1.807) is 13.8 Å². The summed E-state index contributed by atoms with van der Waals surface area (Å²) in [5, 5.41) is 0. The second kappa shape index (κ2) is 5.92. The van der Waals surface area contributed by atoms with Gasteiger partial charge < -0.3 is 9.47 Å². The predicted octanol–water partition coefficient (Wildman–Crippen LogP) is -0.525. The maximum atomic E-state index is 11.3. The third kappa shape index (κ3) is 3.00. The van der Waals surface area contributed by atoms with E-state index in [4.69, 9.17) is 0 Å². The lowest BCUT2D eigenvalue weighted by Crippen LogP contribution is -2.39. The molecule has 0 unspecified atom stereocenters. The molecule has 7 nitrogen and oxygen atoms in total. The van der Waals surface area contributed by atoms with E-state index in [1.165, 1.54) is 0 Å². The Morgan fingerprint density at radius 3 is 1.75 bits per heavy atom. The number of hydrogen-bond acceptors (Lipinski definition) is 7. The molecule has 1 aliphatic heterocycles. The van der Waals surface area contributed by atoms with Gasteiger partial charge in [0.1, 0.15) is 0 Å². The van der Waals surface area contributed by atoms with Crippen molar-refractivity contribution in [2.75, 3.05) is 13.2 Å². The monoisotopic (exact) mass is 252 g/mol. The van der Waals surface area contributed by atoms with Crippen molar-refractivity contribution >= 4 is 23.3 Å². The Morgan fingerprint density at radius 1 is 1.06 bits per heavy atom. The molecule has 16 heavy (non-hydrogen) atoms. The molecule has 1 rings (SSSR count). The van der Waals surface area contributed by atoms with Crippen molar-refractivity contribution in [3.8, 4) is 0 Å². The van der Waals surface area contributed by atoms with Crippen LogP contribution in [0.25, 0.3) is 0 Å². The van der Waals surface area contributed by atoms with Crippen molar-refractivity contribution in [2.45, 2.75) is 26.1 Å². The second-order valence-corrected chi connectivity index (χ2v) is 3.54. The van der Waals surface area contributed by atoms with Crippen LogP contribution < -0.4 is 0 Å². The molecule has 0 saturated carbocycles. The van der Waals surface area contributed by atoms with Gasteiger partial charge in [-0.3, -0.25) is 0 Å². The third-order valence-electron chi connectivity index (χ3n) is 1.68. The third-order valence-corrected chi connectivity index (χ3v) is 2.41. The Morgan fingerprint density at radius 2 is 1.44 bits per heavy atom. The van der Waals surface area contributed by atoms with Crippen molar-refractivity contribution in [1.82, 2.24) is 0 Å². The SMILES string of the molecule is CCOC(=O)[C@H]1OS(=O)O[C@@H]1C(=O)OCC. The minimum atomic E-state index is -2.13. The molecule has 1 fully saturated rings. The number of carbonyl (C=O) groups is 2. The molecule has 2 atom stereocenters. The molecule has 8 heteroatoms. The fourth-order valence-corrected chi connectivity index (χ4v) is 1.81. The Bertz CT molecular complexity index is 275. The minimum absolute atomic E-state index is 0.126. The molecule has 0 bridgehead atoms. The highest BCUT2D eigenvalue weighted by Gasteiger charge is 2.47. The second-order valence-electron chi connectivity index (χ2n) is 2.74. The zero-order valence-electron chi connectivity index (χ0n) is 8.83. The quantitative estimate of drug-likeness (QED) is 0.622. The highest BCUT2D eigenvalue weighted by molar-refractivity contribution is 7.75. The molecule has 92 valence electrons. The first kappa shape index (κ1) is 13.1. The lowest BCUT2D eigenvalue weighted by molar-refractivity contribution is -0.163. The number of carbonyl (C=O) groups excluding carboxylic acids is 2. The van der Waals surface area contributed by atoms with Crippen molar-refractivity contribution < 1.29 is 31.6 Å².